The summed E-state index contributed by atoms with van der Waals surface area (Å²) in [4.78, 5) is 15.4. The molecule has 0 saturated carbocycles. The molecule has 2 N–H and O–H groups in total. The molecule has 0 bridgehead atoms. The second-order valence-corrected chi connectivity index (χ2v) is 3.90. The van der Waals surface area contributed by atoms with Gasteiger partial charge in [-0.2, -0.15) is 0 Å². The Bertz CT molecular complexity index is 313. The van der Waals surface area contributed by atoms with Crippen molar-refractivity contribution in [3.8, 4) is 0 Å². The molecule has 96 valence electrons. The molecule has 1 heterocycles. The van der Waals surface area contributed by atoms with Crippen LogP contribution in [0.2, 0.25) is 0 Å². The summed E-state index contributed by atoms with van der Waals surface area (Å²) in [6.45, 7) is 4.31. The third-order valence-corrected chi connectivity index (χ3v) is 2.22. The third-order valence-electron chi connectivity index (χ3n) is 2.22. The Kier molecular flexibility index (Phi) is 6.27. The molecule has 1 amide bonds. The van der Waals surface area contributed by atoms with Crippen LogP contribution in [0.4, 0.5) is 0 Å². The van der Waals surface area contributed by atoms with Crippen LogP contribution in [-0.4, -0.2) is 48.3 Å². The van der Waals surface area contributed by atoms with Gasteiger partial charge < -0.3 is 19.9 Å². The number of hydrogen-bond donors (Lipinski definition) is 2. The first kappa shape index (κ1) is 13.7. The highest BCUT2D eigenvalue weighted by Gasteiger charge is 2.05. The van der Waals surface area contributed by atoms with Gasteiger partial charge in [-0.3, -0.25) is 4.79 Å². The largest absolute Gasteiger partial charge is 0.383 e. The monoisotopic (exact) mass is 240 g/mol. The van der Waals surface area contributed by atoms with Crippen molar-refractivity contribution in [2.24, 2.45) is 0 Å². The minimum atomic E-state index is -0.0137. The predicted molar refractivity (Wildman–Crippen MR) is 64.6 cm³/mol. The van der Waals surface area contributed by atoms with Gasteiger partial charge in [-0.15, -0.1) is 0 Å². The second-order valence-electron chi connectivity index (χ2n) is 3.90. The van der Waals surface area contributed by atoms with Crippen LogP contribution in [0.3, 0.4) is 0 Å². The quantitative estimate of drug-likeness (QED) is 0.608. The summed E-state index contributed by atoms with van der Waals surface area (Å²) in [7, 11) is 1.62. The van der Waals surface area contributed by atoms with E-state index in [0.717, 1.165) is 13.1 Å². The van der Waals surface area contributed by atoms with Gasteiger partial charge >= 0.3 is 0 Å². The lowest BCUT2D eigenvalue weighted by Gasteiger charge is -2.13. The topological polar surface area (TPSA) is 68.2 Å². The Morgan fingerprint density at radius 1 is 1.59 bits per heavy atom. The molecule has 6 nitrogen and oxygen atoms in total. The van der Waals surface area contributed by atoms with Gasteiger partial charge in [0.2, 0.25) is 5.91 Å². The van der Waals surface area contributed by atoms with Crippen LogP contribution in [0.25, 0.3) is 0 Å². The Hall–Kier alpha value is -1.40. The Balaban J connectivity index is 2.04. The normalized spacial score (nSPS) is 12.4. The van der Waals surface area contributed by atoms with E-state index in [4.69, 9.17) is 4.74 Å². The van der Waals surface area contributed by atoms with Gasteiger partial charge in [-0.1, -0.05) is 0 Å². The molecule has 0 aliphatic rings. The van der Waals surface area contributed by atoms with Gasteiger partial charge in [0.15, 0.2) is 0 Å². The summed E-state index contributed by atoms with van der Waals surface area (Å²) < 4.78 is 6.89. The SMILES string of the molecule is COCC(C)NC(=O)CNCCn1ccnc1. The smallest absolute Gasteiger partial charge is 0.234 e. The van der Waals surface area contributed by atoms with Gasteiger partial charge in [0.1, 0.15) is 0 Å². The first-order chi connectivity index (χ1) is 8.22. The zero-order chi connectivity index (χ0) is 12.5. The standard InChI is InChI=1S/C11H20N4O2/c1-10(8-17-2)14-11(16)7-12-3-5-15-6-4-13-9-15/h4,6,9-10,12H,3,5,7-8H2,1-2H3,(H,14,16). The number of aromatic nitrogens is 2. The van der Waals surface area contributed by atoms with Crippen LogP contribution >= 0.6 is 0 Å². The summed E-state index contributed by atoms with van der Waals surface area (Å²) >= 11 is 0. The summed E-state index contributed by atoms with van der Waals surface area (Å²) in [5.74, 6) is -0.0137. The van der Waals surface area contributed by atoms with Crippen molar-refractivity contribution in [1.29, 1.82) is 0 Å². The van der Waals surface area contributed by atoms with E-state index in [1.807, 2.05) is 17.7 Å². The summed E-state index contributed by atoms with van der Waals surface area (Å²) in [5, 5.41) is 5.90. The Labute approximate surface area is 101 Å². The van der Waals surface area contributed by atoms with Gasteiger partial charge in [-0.05, 0) is 6.92 Å². The van der Waals surface area contributed by atoms with E-state index in [-0.39, 0.29) is 11.9 Å². The molecule has 0 aliphatic carbocycles. The van der Waals surface area contributed by atoms with Gasteiger partial charge in [0.25, 0.3) is 0 Å². The van der Waals surface area contributed by atoms with E-state index in [0.29, 0.717) is 13.2 Å². The first-order valence-corrected chi connectivity index (χ1v) is 5.67. The van der Waals surface area contributed by atoms with Crippen LogP contribution in [0, 0.1) is 0 Å². The molecular weight excluding hydrogens is 220 g/mol. The van der Waals surface area contributed by atoms with Crippen LogP contribution in [-0.2, 0) is 16.1 Å². The van der Waals surface area contributed by atoms with Gasteiger partial charge in [-0.25, -0.2) is 4.98 Å². The maximum atomic E-state index is 11.4. The lowest BCUT2D eigenvalue weighted by atomic mass is 10.3. The lowest BCUT2D eigenvalue weighted by molar-refractivity contribution is -0.121. The molecule has 1 unspecified atom stereocenters. The Morgan fingerprint density at radius 2 is 2.41 bits per heavy atom. The Morgan fingerprint density at radius 3 is 3.06 bits per heavy atom. The molecule has 0 fully saturated rings. The van der Waals surface area contributed by atoms with Gasteiger partial charge in [0, 0.05) is 38.6 Å². The van der Waals surface area contributed by atoms with Crippen LogP contribution < -0.4 is 10.6 Å². The van der Waals surface area contributed by atoms with Crippen molar-refractivity contribution in [2.45, 2.75) is 19.5 Å². The number of nitrogens with one attached hydrogen (secondary N) is 2. The molecule has 1 rings (SSSR count). The summed E-state index contributed by atoms with van der Waals surface area (Å²) in [6.07, 6.45) is 5.38. The highest BCUT2D eigenvalue weighted by atomic mass is 16.5. The number of hydrogen-bond acceptors (Lipinski definition) is 4. The van der Waals surface area contributed by atoms with E-state index < -0.39 is 0 Å². The highest BCUT2D eigenvalue weighted by Crippen LogP contribution is 1.84. The fourth-order valence-corrected chi connectivity index (χ4v) is 1.45. The van der Waals surface area contributed by atoms with E-state index in [1.54, 1.807) is 19.6 Å². The zero-order valence-corrected chi connectivity index (χ0v) is 10.3. The van der Waals surface area contributed by atoms with Crippen molar-refractivity contribution in [1.82, 2.24) is 20.2 Å². The molecular formula is C11H20N4O2. The molecule has 0 aliphatic heterocycles. The maximum absolute atomic E-state index is 11.4. The van der Waals surface area contributed by atoms with Crippen molar-refractivity contribution in [3.63, 3.8) is 0 Å². The number of methoxy groups -OCH3 is 1. The minimum absolute atomic E-state index is 0.0137. The van der Waals surface area contributed by atoms with E-state index in [9.17, 15) is 4.79 Å². The van der Waals surface area contributed by atoms with E-state index in [2.05, 4.69) is 15.6 Å². The second kappa shape index (κ2) is 7.81. The van der Waals surface area contributed by atoms with Gasteiger partial charge in [0.05, 0.1) is 19.5 Å². The predicted octanol–water partition coefficient (Wildman–Crippen LogP) is -0.376. The van der Waals surface area contributed by atoms with Crippen molar-refractivity contribution in [3.05, 3.63) is 18.7 Å². The average Bonchev–Trinajstić information content (AvgIpc) is 2.77. The van der Waals surface area contributed by atoms with Crippen LogP contribution in [0.5, 0.6) is 0 Å². The molecule has 6 heteroatoms. The van der Waals surface area contributed by atoms with E-state index >= 15 is 0 Å². The number of nitrogens with zero attached hydrogens (tertiary/aromatic N) is 2. The fraction of sp³-hybridized carbons (Fsp3) is 0.636. The van der Waals surface area contributed by atoms with Crippen molar-refractivity contribution in [2.75, 3.05) is 26.8 Å². The first-order valence-electron chi connectivity index (χ1n) is 5.67. The van der Waals surface area contributed by atoms with E-state index in [1.165, 1.54) is 0 Å². The van der Waals surface area contributed by atoms with Crippen LogP contribution in [0.15, 0.2) is 18.7 Å². The fourth-order valence-electron chi connectivity index (χ4n) is 1.45. The molecule has 1 atom stereocenters. The van der Waals surface area contributed by atoms with Crippen LogP contribution in [0.1, 0.15) is 6.92 Å². The highest BCUT2D eigenvalue weighted by molar-refractivity contribution is 5.78. The summed E-state index contributed by atoms with van der Waals surface area (Å²) in [5.41, 5.74) is 0. The number of ether oxygens (including phenoxy) is 1. The third kappa shape index (κ3) is 6.03. The minimum Gasteiger partial charge on any atom is -0.383 e. The molecule has 0 saturated heterocycles. The maximum Gasteiger partial charge on any atom is 0.234 e. The molecule has 1 aromatic heterocycles. The zero-order valence-electron chi connectivity index (χ0n) is 10.3. The number of amides is 1. The molecule has 17 heavy (non-hydrogen) atoms. The molecule has 0 radical (unpaired) electrons. The molecule has 1 aromatic rings. The number of carbonyl (C=O) groups excluding carboxylic acids is 1. The molecule has 0 aromatic carbocycles. The number of rotatable bonds is 8. The summed E-state index contributed by atoms with van der Waals surface area (Å²) in [6, 6.07) is 0.0444. The lowest BCUT2D eigenvalue weighted by Crippen LogP contribution is -2.41. The number of imidazole rings is 1. The van der Waals surface area contributed by atoms with Crippen molar-refractivity contribution < 1.29 is 9.53 Å². The van der Waals surface area contributed by atoms with Crippen molar-refractivity contribution >= 4 is 5.91 Å². The average molecular weight is 240 g/mol. The number of carbonyl (C=O) groups is 1. The molecule has 0 spiro atoms.